The van der Waals surface area contributed by atoms with E-state index in [4.69, 9.17) is 0 Å². The van der Waals surface area contributed by atoms with Crippen LogP contribution in [0, 0.1) is 13.8 Å². The second-order valence-corrected chi connectivity index (χ2v) is 6.64. The number of nitrogens with one attached hydrogen (secondary N) is 2. The number of amides is 1. The summed E-state index contributed by atoms with van der Waals surface area (Å²) < 4.78 is 1.70. The molecule has 1 aliphatic rings. The summed E-state index contributed by atoms with van der Waals surface area (Å²) in [6.07, 6.45) is 2.48. The minimum Gasteiger partial charge on any atom is -0.352 e. The van der Waals surface area contributed by atoms with E-state index < -0.39 is 0 Å². The Balaban J connectivity index is 0.00000220. The minimum atomic E-state index is 0. The molecule has 1 saturated heterocycles. The molecule has 7 heteroatoms. The number of hydrogen-bond donors (Lipinski definition) is 2. The van der Waals surface area contributed by atoms with Crippen molar-refractivity contribution >= 4 is 29.7 Å². The molecule has 2 heterocycles. The summed E-state index contributed by atoms with van der Waals surface area (Å²) >= 11 is 1.25. The van der Waals surface area contributed by atoms with Gasteiger partial charge in [0.2, 0.25) is 5.91 Å². The van der Waals surface area contributed by atoms with Gasteiger partial charge in [0.25, 0.3) is 0 Å². The Bertz CT molecular complexity index is 541. The molecule has 0 bridgehead atoms. The molecule has 5 nitrogen and oxygen atoms in total. The van der Waals surface area contributed by atoms with Gasteiger partial charge in [-0.25, -0.2) is 0 Å². The van der Waals surface area contributed by atoms with Crippen molar-refractivity contribution in [2.45, 2.75) is 58.7 Å². The van der Waals surface area contributed by atoms with Gasteiger partial charge in [0.1, 0.15) is 0 Å². The van der Waals surface area contributed by atoms with Crippen LogP contribution in [-0.2, 0) is 11.3 Å². The smallest absolute Gasteiger partial charge is 0.307 e. The standard InChI is InChI=1S/C14H23N3O2S.ClH/c1-9-12(5-4-7-15-9)16-13(18)6-8-17-10(2)11(3)20-14(17)19;/h9,12,15H,4-8H2,1-3H3,(H,16,18);1H. The third-order valence-corrected chi connectivity index (χ3v) is 5.04. The zero-order valence-corrected chi connectivity index (χ0v) is 14.4. The van der Waals surface area contributed by atoms with Crippen LogP contribution in [0.25, 0.3) is 0 Å². The van der Waals surface area contributed by atoms with Crippen LogP contribution in [0.3, 0.4) is 0 Å². The van der Waals surface area contributed by atoms with E-state index in [2.05, 4.69) is 17.6 Å². The molecular weight excluding hydrogens is 310 g/mol. The fourth-order valence-electron chi connectivity index (χ4n) is 2.58. The lowest BCUT2D eigenvalue weighted by Crippen LogP contribution is -2.52. The van der Waals surface area contributed by atoms with E-state index in [1.54, 1.807) is 4.57 Å². The van der Waals surface area contributed by atoms with Crippen LogP contribution in [0.4, 0.5) is 0 Å². The molecule has 0 radical (unpaired) electrons. The number of piperidine rings is 1. The first-order chi connectivity index (χ1) is 9.49. The Hall–Kier alpha value is -0.850. The van der Waals surface area contributed by atoms with Crippen molar-refractivity contribution in [1.82, 2.24) is 15.2 Å². The summed E-state index contributed by atoms with van der Waals surface area (Å²) in [6, 6.07) is 0.527. The van der Waals surface area contributed by atoms with Crippen molar-refractivity contribution in [3.05, 3.63) is 20.2 Å². The van der Waals surface area contributed by atoms with Gasteiger partial charge < -0.3 is 15.2 Å². The number of carbonyl (C=O) groups is 1. The SMILES string of the molecule is Cc1sc(=O)n(CCC(=O)NC2CCCNC2C)c1C.Cl. The number of aryl methyl sites for hydroxylation is 1. The molecule has 2 atom stereocenters. The fraction of sp³-hybridized carbons (Fsp3) is 0.714. The van der Waals surface area contributed by atoms with Crippen molar-refractivity contribution in [3.8, 4) is 0 Å². The van der Waals surface area contributed by atoms with Crippen LogP contribution in [0.5, 0.6) is 0 Å². The maximum Gasteiger partial charge on any atom is 0.307 e. The van der Waals surface area contributed by atoms with Crippen molar-refractivity contribution < 1.29 is 4.79 Å². The van der Waals surface area contributed by atoms with Gasteiger partial charge in [0.05, 0.1) is 0 Å². The molecule has 0 saturated carbocycles. The van der Waals surface area contributed by atoms with Gasteiger partial charge in [-0.05, 0) is 40.2 Å². The number of halogens is 1. The summed E-state index contributed by atoms with van der Waals surface area (Å²) in [5.41, 5.74) is 0.973. The lowest BCUT2D eigenvalue weighted by atomic mass is 10.00. The van der Waals surface area contributed by atoms with Crippen molar-refractivity contribution in [3.63, 3.8) is 0 Å². The van der Waals surface area contributed by atoms with E-state index in [1.807, 2.05) is 13.8 Å². The number of rotatable bonds is 4. The molecule has 1 aromatic rings. The van der Waals surface area contributed by atoms with E-state index in [0.29, 0.717) is 19.0 Å². The highest BCUT2D eigenvalue weighted by Gasteiger charge is 2.22. The Morgan fingerprint density at radius 1 is 1.48 bits per heavy atom. The summed E-state index contributed by atoms with van der Waals surface area (Å²) in [4.78, 5) is 24.8. The number of carbonyl (C=O) groups excluding carboxylic acids is 1. The molecule has 0 aliphatic carbocycles. The lowest BCUT2D eigenvalue weighted by molar-refractivity contribution is -0.122. The normalized spacial score (nSPS) is 21.7. The van der Waals surface area contributed by atoms with Gasteiger partial charge in [-0.2, -0.15) is 0 Å². The topological polar surface area (TPSA) is 63.1 Å². The Morgan fingerprint density at radius 2 is 2.19 bits per heavy atom. The first kappa shape index (κ1) is 18.2. The van der Waals surface area contributed by atoms with Crippen molar-refractivity contribution in [1.29, 1.82) is 0 Å². The molecule has 2 N–H and O–H groups in total. The van der Waals surface area contributed by atoms with E-state index in [1.165, 1.54) is 11.3 Å². The molecular formula is C14H24ClN3O2S. The summed E-state index contributed by atoms with van der Waals surface area (Å²) in [5, 5.41) is 6.44. The second-order valence-electron chi connectivity index (χ2n) is 5.47. The van der Waals surface area contributed by atoms with Gasteiger partial charge in [0.15, 0.2) is 0 Å². The predicted molar refractivity (Wildman–Crippen MR) is 88.5 cm³/mol. The van der Waals surface area contributed by atoms with Gasteiger partial charge in [-0.1, -0.05) is 11.3 Å². The summed E-state index contributed by atoms with van der Waals surface area (Å²) in [7, 11) is 0. The Morgan fingerprint density at radius 3 is 2.76 bits per heavy atom. The summed E-state index contributed by atoms with van der Waals surface area (Å²) in [5.74, 6) is 0.0284. The Labute approximate surface area is 135 Å². The maximum absolute atomic E-state index is 12.0. The highest BCUT2D eigenvalue weighted by atomic mass is 35.5. The predicted octanol–water partition coefficient (Wildman–Crippen LogP) is 1.60. The largest absolute Gasteiger partial charge is 0.352 e. The Kier molecular flexibility index (Phi) is 6.90. The van der Waals surface area contributed by atoms with Gasteiger partial charge in [0, 0.05) is 35.6 Å². The monoisotopic (exact) mass is 333 g/mol. The average molecular weight is 334 g/mol. The average Bonchev–Trinajstić information content (AvgIpc) is 2.64. The summed E-state index contributed by atoms with van der Waals surface area (Å²) in [6.45, 7) is 7.46. The molecule has 0 spiro atoms. The van der Waals surface area contributed by atoms with Crippen molar-refractivity contribution in [2.24, 2.45) is 0 Å². The van der Waals surface area contributed by atoms with Crippen LogP contribution in [0.15, 0.2) is 4.79 Å². The first-order valence-corrected chi connectivity index (χ1v) is 8.00. The third-order valence-electron chi connectivity index (χ3n) is 4.05. The van der Waals surface area contributed by atoms with E-state index in [9.17, 15) is 9.59 Å². The van der Waals surface area contributed by atoms with Gasteiger partial charge in [-0.15, -0.1) is 12.4 Å². The molecule has 0 aromatic carbocycles. The van der Waals surface area contributed by atoms with Crippen LogP contribution >= 0.6 is 23.7 Å². The number of nitrogens with zero attached hydrogens (tertiary/aromatic N) is 1. The van der Waals surface area contributed by atoms with E-state index >= 15 is 0 Å². The van der Waals surface area contributed by atoms with Gasteiger partial charge >= 0.3 is 4.87 Å². The highest BCUT2D eigenvalue weighted by Crippen LogP contribution is 2.11. The molecule has 2 unspecified atom stereocenters. The first-order valence-electron chi connectivity index (χ1n) is 7.18. The van der Waals surface area contributed by atoms with Gasteiger partial charge in [-0.3, -0.25) is 9.59 Å². The third kappa shape index (κ3) is 4.56. The second kappa shape index (κ2) is 7.96. The maximum atomic E-state index is 12.0. The molecule has 1 amide bonds. The molecule has 1 aromatic heterocycles. The fourth-order valence-corrected chi connectivity index (χ4v) is 3.44. The minimum absolute atomic E-state index is 0. The number of thiazole rings is 1. The lowest BCUT2D eigenvalue weighted by Gasteiger charge is -2.30. The quantitative estimate of drug-likeness (QED) is 0.879. The number of aromatic nitrogens is 1. The van der Waals surface area contributed by atoms with E-state index in [-0.39, 0.29) is 29.2 Å². The zero-order chi connectivity index (χ0) is 14.7. The van der Waals surface area contributed by atoms with Crippen molar-refractivity contribution in [2.75, 3.05) is 6.54 Å². The molecule has 120 valence electrons. The van der Waals surface area contributed by atoms with Crippen LogP contribution in [-0.4, -0.2) is 29.1 Å². The number of hydrogen-bond acceptors (Lipinski definition) is 4. The van der Waals surface area contributed by atoms with Crippen LogP contribution in [0.1, 0.15) is 36.8 Å². The molecule has 1 aliphatic heterocycles. The highest BCUT2D eigenvalue weighted by molar-refractivity contribution is 7.09. The molecule has 2 rings (SSSR count). The molecule has 21 heavy (non-hydrogen) atoms. The van der Waals surface area contributed by atoms with E-state index in [0.717, 1.165) is 30.0 Å². The zero-order valence-electron chi connectivity index (χ0n) is 12.8. The molecule has 1 fully saturated rings. The van der Waals surface area contributed by atoms with Crippen LogP contribution < -0.4 is 15.5 Å². The van der Waals surface area contributed by atoms with Crippen LogP contribution in [0.2, 0.25) is 0 Å².